The summed E-state index contributed by atoms with van der Waals surface area (Å²) in [6.45, 7) is 4.38. The number of benzene rings is 1. The molecule has 1 N–H and O–H groups in total. The largest absolute Gasteiger partial charge is 0.462 e. The molecule has 0 bridgehead atoms. The summed E-state index contributed by atoms with van der Waals surface area (Å²) in [5.41, 5.74) is 1.22. The molecule has 1 rings (SSSR count). The number of carbonyl (C=O) groups excluding carboxylic acids is 2. The van der Waals surface area contributed by atoms with Gasteiger partial charge in [0.25, 0.3) is 0 Å². The van der Waals surface area contributed by atoms with Crippen molar-refractivity contribution in [3.63, 3.8) is 0 Å². The van der Waals surface area contributed by atoms with Crippen molar-refractivity contribution in [1.29, 1.82) is 0 Å². The summed E-state index contributed by atoms with van der Waals surface area (Å²) in [6.07, 6.45) is 13.2. The molecule has 0 spiro atoms. The molecule has 4 nitrogen and oxygen atoms in total. The Morgan fingerprint density at radius 2 is 1.35 bits per heavy atom. The molecule has 0 radical (unpaired) electrons. The van der Waals surface area contributed by atoms with Crippen LogP contribution >= 0.6 is 0 Å². The van der Waals surface area contributed by atoms with E-state index in [1.807, 2.05) is 0 Å². The minimum Gasteiger partial charge on any atom is -0.462 e. The molecule has 0 aliphatic heterocycles. The molecule has 26 heavy (non-hydrogen) atoms. The van der Waals surface area contributed by atoms with E-state index in [0.717, 1.165) is 18.5 Å². The number of amides is 1. The van der Waals surface area contributed by atoms with Gasteiger partial charge in [-0.15, -0.1) is 0 Å². The lowest BCUT2D eigenvalue weighted by Crippen LogP contribution is -2.11. The van der Waals surface area contributed by atoms with E-state index < -0.39 is 0 Å². The number of unbranched alkanes of at least 4 members (excludes halogenated alkanes) is 9. The van der Waals surface area contributed by atoms with Gasteiger partial charge >= 0.3 is 5.97 Å². The van der Waals surface area contributed by atoms with Crippen LogP contribution in [0, 0.1) is 0 Å². The molecule has 0 unspecified atom stereocenters. The van der Waals surface area contributed by atoms with E-state index in [4.69, 9.17) is 4.74 Å². The molecule has 0 aliphatic rings. The molecule has 0 atom stereocenters. The fourth-order valence-corrected chi connectivity index (χ4v) is 2.90. The Bertz CT molecular complexity index is 511. The van der Waals surface area contributed by atoms with Gasteiger partial charge in [-0.05, 0) is 37.6 Å². The molecule has 4 heteroatoms. The lowest BCUT2D eigenvalue weighted by Gasteiger charge is -2.07. The summed E-state index contributed by atoms with van der Waals surface area (Å²) in [4.78, 5) is 23.6. The minimum atomic E-state index is -0.337. The number of carbonyl (C=O) groups is 2. The number of anilines is 1. The summed E-state index contributed by atoms with van der Waals surface area (Å²) >= 11 is 0. The van der Waals surface area contributed by atoms with Crippen molar-refractivity contribution in [3.8, 4) is 0 Å². The third kappa shape index (κ3) is 10.2. The lowest BCUT2D eigenvalue weighted by molar-refractivity contribution is -0.116. The maximum atomic E-state index is 12.0. The molecule has 0 aliphatic carbocycles. The van der Waals surface area contributed by atoms with E-state index in [-0.39, 0.29) is 11.9 Å². The first-order valence-corrected chi connectivity index (χ1v) is 10.2. The molecule has 1 aromatic carbocycles. The second kappa shape index (κ2) is 14.3. The average molecular weight is 362 g/mol. The average Bonchev–Trinajstić information content (AvgIpc) is 2.64. The van der Waals surface area contributed by atoms with Crippen LogP contribution in [-0.2, 0) is 9.53 Å². The van der Waals surface area contributed by atoms with Gasteiger partial charge in [0.15, 0.2) is 0 Å². The fourth-order valence-electron chi connectivity index (χ4n) is 2.90. The number of ether oxygens (including phenoxy) is 1. The lowest BCUT2D eigenvalue weighted by atomic mass is 10.1. The number of nitrogens with one attached hydrogen (secondary N) is 1. The van der Waals surface area contributed by atoms with Crippen LogP contribution < -0.4 is 5.32 Å². The zero-order chi connectivity index (χ0) is 19.0. The molecule has 0 heterocycles. The molecule has 0 saturated heterocycles. The van der Waals surface area contributed by atoms with E-state index >= 15 is 0 Å². The van der Waals surface area contributed by atoms with Gasteiger partial charge in [0.2, 0.25) is 5.91 Å². The molecule has 0 aromatic heterocycles. The van der Waals surface area contributed by atoms with Gasteiger partial charge in [-0.3, -0.25) is 4.79 Å². The van der Waals surface area contributed by atoms with Crippen LogP contribution in [0.3, 0.4) is 0 Å². The normalized spacial score (nSPS) is 10.5. The van der Waals surface area contributed by atoms with Crippen molar-refractivity contribution in [3.05, 3.63) is 29.8 Å². The molecule has 0 fully saturated rings. The van der Waals surface area contributed by atoms with E-state index in [0.29, 0.717) is 18.6 Å². The van der Waals surface area contributed by atoms with Gasteiger partial charge in [0.05, 0.1) is 12.2 Å². The number of esters is 1. The second-order valence-electron chi connectivity index (χ2n) is 6.78. The first kappa shape index (κ1) is 22.2. The van der Waals surface area contributed by atoms with E-state index in [1.54, 1.807) is 31.2 Å². The standard InChI is InChI=1S/C22H35NO3/c1-3-5-6-7-8-9-10-11-12-13-14-21(24)23-20-17-15-19(16-18-20)22(25)26-4-2/h15-18H,3-14H2,1-2H3,(H,23,24). The van der Waals surface area contributed by atoms with Gasteiger partial charge in [-0.2, -0.15) is 0 Å². The van der Waals surface area contributed by atoms with Crippen molar-refractivity contribution in [2.24, 2.45) is 0 Å². The molecular formula is C22H35NO3. The highest BCUT2D eigenvalue weighted by atomic mass is 16.5. The third-order valence-corrected chi connectivity index (χ3v) is 4.44. The molecule has 146 valence electrons. The van der Waals surface area contributed by atoms with Crippen LogP contribution in [0.15, 0.2) is 24.3 Å². The highest BCUT2D eigenvalue weighted by molar-refractivity contribution is 5.93. The fraction of sp³-hybridized carbons (Fsp3) is 0.636. The van der Waals surface area contributed by atoms with Crippen LogP contribution in [0.2, 0.25) is 0 Å². The SMILES string of the molecule is CCCCCCCCCCCCC(=O)Nc1ccc(C(=O)OCC)cc1. The predicted octanol–water partition coefficient (Wildman–Crippen LogP) is 6.11. The highest BCUT2D eigenvalue weighted by Gasteiger charge is 2.07. The van der Waals surface area contributed by atoms with Crippen molar-refractivity contribution in [1.82, 2.24) is 0 Å². The van der Waals surface area contributed by atoms with Gasteiger partial charge in [-0.25, -0.2) is 4.79 Å². The quantitative estimate of drug-likeness (QED) is 0.321. The molecule has 0 saturated carbocycles. The van der Waals surface area contributed by atoms with Gasteiger partial charge in [-0.1, -0.05) is 64.7 Å². The van der Waals surface area contributed by atoms with Crippen LogP contribution in [0.25, 0.3) is 0 Å². The van der Waals surface area contributed by atoms with Crippen molar-refractivity contribution in [2.45, 2.75) is 84.5 Å². The molecule has 1 amide bonds. The number of rotatable bonds is 14. The van der Waals surface area contributed by atoms with Gasteiger partial charge < -0.3 is 10.1 Å². The van der Waals surface area contributed by atoms with E-state index in [1.165, 1.54) is 51.4 Å². The summed E-state index contributed by atoms with van der Waals surface area (Å²) in [6, 6.07) is 6.83. The Hall–Kier alpha value is -1.84. The second-order valence-corrected chi connectivity index (χ2v) is 6.78. The summed E-state index contributed by atoms with van der Waals surface area (Å²) in [5.74, 6) is -0.302. The maximum absolute atomic E-state index is 12.0. The van der Waals surface area contributed by atoms with E-state index in [2.05, 4.69) is 12.2 Å². The number of hydrogen-bond donors (Lipinski definition) is 1. The van der Waals surface area contributed by atoms with Crippen LogP contribution in [0.4, 0.5) is 5.69 Å². The molecular weight excluding hydrogens is 326 g/mol. The summed E-state index contributed by atoms with van der Waals surface area (Å²) in [5, 5.41) is 2.88. The Balaban J connectivity index is 2.08. The van der Waals surface area contributed by atoms with Gasteiger partial charge in [0.1, 0.15) is 0 Å². The van der Waals surface area contributed by atoms with Crippen LogP contribution in [-0.4, -0.2) is 18.5 Å². The van der Waals surface area contributed by atoms with Crippen molar-refractivity contribution >= 4 is 17.6 Å². The first-order chi connectivity index (χ1) is 12.7. The Morgan fingerprint density at radius 3 is 1.88 bits per heavy atom. The number of hydrogen-bond acceptors (Lipinski definition) is 3. The zero-order valence-corrected chi connectivity index (χ0v) is 16.5. The van der Waals surface area contributed by atoms with Crippen LogP contribution in [0.1, 0.15) is 94.8 Å². The maximum Gasteiger partial charge on any atom is 0.338 e. The van der Waals surface area contributed by atoms with E-state index in [9.17, 15) is 9.59 Å². The van der Waals surface area contributed by atoms with Crippen molar-refractivity contribution < 1.29 is 14.3 Å². The van der Waals surface area contributed by atoms with Gasteiger partial charge in [0, 0.05) is 12.1 Å². The third-order valence-electron chi connectivity index (χ3n) is 4.44. The zero-order valence-electron chi connectivity index (χ0n) is 16.5. The predicted molar refractivity (Wildman–Crippen MR) is 107 cm³/mol. The summed E-state index contributed by atoms with van der Waals surface area (Å²) in [7, 11) is 0. The molecule has 1 aromatic rings. The topological polar surface area (TPSA) is 55.4 Å². The van der Waals surface area contributed by atoms with Crippen LogP contribution in [0.5, 0.6) is 0 Å². The monoisotopic (exact) mass is 361 g/mol. The first-order valence-electron chi connectivity index (χ1n) is 10.2. The minimum absolute atomic E-state index is 0.0356. The highest BCUT2D eigenvalue weighted by Crippen LogP contribution is 2.13. The Kier molecular flexibility index (Phi) is 12.2. The van der Waals surface area contributed by atoms with Crippen molar-refractivity contribution in [2.75, 3.05) is 11.9 Å². The Morgan fingerprint density at radius 1 is 0.808 bits per heavy atom. The smallest absolute Gasteiger partial charge is 0.338 e. The summed E-state index contributed by atoms with van der Waals surface area (Å²) < 4.78 is 4.94. The Labute approximate surface area is 158 Å².